The van der Waals surface area contributed by atoms with Gasteiger partial charge in [0.2, 0.25) is 5.95 Å². The molecule has 1 atom stereocenters. The van der Waals surface area contributed by atoms with Crippen LogP contribution in [0.15, 0.2) is 77.8 Å². The Morgan fingerprint density at radius 1 is 0.944 bits per heavy atom. The van der Waals surface area contributed by atoms with Gasteiger partial charge in [0, 0.05) is 68.0 Å². The van der Waals surface area contributed by atoms with E-state index in [1.165, 1.54) is 35.9 Å². The molecule has 2 aromatic heterocycles. The highest BCUT2D eigenvalue weighted by molar-refractivity contribution is 7.90. The van der Waals surface area contributed by atoms with Gasteiger partial charge in [0.25, 0.3) is 0 Å². The summed E-state index contributed by atoms with van der Waals surface area (Å²) in [5, 5.41) is 3.51. The van der Waals surface area contributed by atoms with Crippen LogP contribution in [0.25, 0.3) is 21.8 Å². The fraction of sp³-hybridized carbons (Fsp3) is 0.306. The summed E-state index contributed by atoms with van der Waals surface area (Å²) in [4.78, 5) is 17.4. The Balaban J connectivity index is 1.25. The molecule has 1 aliphatic heterocycles. The Kier molecular flexibility index (Phi) is 11.7. The summed E-state index contributed by atoms with van der Waals surface area (Å²) in [6, 6.07) is 15.5. The van der Waals surface area contributed by atoms with Crippen LogP contribution in [0.1, 0.15) is 30.3 Å². The first-order valence-corrected chi connectivity index (χ1v) is 20.8. The highest BCUT2D eigenvalue weighted by atomic mass is 32.2. The van der Waals surface area contributed by atoms with E-state index >= 15 is 0 Å². The predicted molar refractivity (Wildman–Crippen MR) is 202 cm³/mol. The molecule has 0 aliphatic carbocycles. The van der Waals surface area contributed by atoms with Crippen molar-refractivity contribution in [1.82, 2.24) is 19.9 Å². The van der Waals surface area contributed by atoms with Gasteiger partial charge in [-0.05, 0) is 48.5 Å². The van der Waals surface area contributed by atoms with Gasteiger partial charge in [-0.1, -0.05) is 32.0 Å². The number of nitrogens with zero attached hydrogens (tertiary/aromatic N) is 5. The minimum Gasteiger partial charge on any atom is -0.369 e. The van der Waals surface area contributed by atoms with E-state index in [9.17, 15) is 34.6 Å². The minimum absolute atomic E-state index is 0.0168. The third-order valence-corrected chi connectivity index (χ3v) is 12.0. The van der Waals surface area contributed by atoms with Gasteiger partial charge in [-0.15, -0.1) is 11.3 Å². The third-order valence-electron chi connectivity index (χ3n) is 8.55. The zero-order chi connectivity index (χ0) is 38.8. The SMILES string of the molecule is CC(C)c1nc(-c2cccc(NS(=O)c3c(F)cccc3F)c2)c(-c2ccnc(Nc3ccc(N4CCN(CCS(C)(=O)=O)CC4)cc3C(F)(F)F)n2)s1. The van der Waals surface area contributed by atoms with Crippen LogP contribution in [0.2, 0.25) is 0 Å². The van der Waals surface area contributed by atoms with Crippen molar-refractivity contribution < 1.29 is 34.6 Å². The fourth-order valence-electron chi connectivity index (χ4n) is 5.76. The lowest BCUT2D eigenvalue weighted by Crippen LogP contribution is -2.47. The van der Waals surface area contributed by atoms with Crippen molar-refractivity contribution in [3.8, 4) is 21.8 Å². The number of piperazine rings is 1. The first-order valence-electron chi connectivity index (χ1n) is 16.8. The average Bonchev–Trinajstić information content (AvgIpc) is 3.57. The number of nitrogens with one attached hydrogen (secondary N) is 2. The van der Waals surface area contributed by atoms with Crippen LogP contribution in [0, 0.1) is 11.6 Å². The molecular formula is C36H36F5N7O3S3. The highest BCUT2D eigenvalue weighted by Crippen LogP contribution is 2.41. The Morgan fingerprint density at radius 3 is 2.31 bits per heavy atom. The molecule has 10 nitrogen and oxygen atoms in total. The zero-order valence-electron chi connectivity index (χ0n) is 29.3. The van der Waals surface area contributed by atoms with E-state index in [1.54, 1.807) is 36.4 Å². The molecule has 1 unspecified atom stereocenters. The Morgan fingerprint density at radius 2 is 1.65 bits per heavy atom. The zero-order valence-corrected chi connectivity index (χ0v) is 31.8. The smallest absolute Gasteiger partial charge is 0.369 e. The lowest BCUT2D eigenvalue weighted by Gasteiger charge is -2.36. The van der Waals surface area contributed by atoms with Crippen molar-refractivity contribution in [3.63, 3.8) is 0 Å². The van der Waals surface area contributed by atoms with Crippen LogP contribution in [0.3, 0.4) is 0 Å². The molecule has 2 N–H and O–H groups in total. The largest absolute Gasteiger partial charge is 0.418 e. The molecule has 3 heterocycles. The summed E-state index contributed by atoms with van der Waals surface area (Å²) >= 11 is 1.35. The normalized spacial score (nSPS) is 14.7. The topological polar surface area (TPSA) is 120 Å². The first-order chi connectivity index (χ1) is 25.6. The number of hydrogen-bond donors (Lipinski definition) is 2. The molecule has 286 valence electrons. The molecule has 0 spiro atoms. The van der Waals surface area contributed by atoms with Gasteiger partial charge in [0.1, 0.15) is 26.4 Å². The van der Waals surface area contributed by atoms with E-state index in [0.717, 1.165) is 23.2 Å². The maximum atomic E-state index is 14.5. The van der Waals surface area contributed by atoms with E-state index in [-0.39, 0.29) is 23.3 Å². The molecule has 6 rings (SSSR count). The van der Waals surface area contributed by atoms with Crippen molar-refractivity contribution in [2.24, 2.45) is 0 Å². The Bertz CT molecular complexity index is 2260. The summed E-state index contributed by atoms with van der Waals surface area (Å²) in [7, 11) is -5.38. The number of rotatable bonds is 12. The number of thiazole rings is 1. The Hall–Kier alpha value is -4.52. The molecule has 1 aliphatic rings. The predicted octanol–water partition coefficient (Wildman–Crippen LogP) is 7.73. The molecule has 18 heteroatoms. The van der Waals surface area contributed by atoms with Crippen molar-refractivity contribution in [2.45, 2.75) is 30.8 Å². The maximum absolute atomic E-state index is 14.5. The molecular weight excluding hydrogens is 770 g/mol. The molecule has 1 saturated heterocycles. The third kappa shape index (κ3) is 9.40. The molecule has 0 amide bonds. The van der Waals surface area contributed by atoms with Crippen LogP contribution in [0.4, 0.5) is 45.0 Å². The van der Waals surface area contributed by atoms with Crippen LogP contribution < -0.4 is 14.9 Å². The van der Waals surface area contributed by atoms with Crippen LogP contribution >= 0.6 is 11.3 Å². The summed E-state index contributed by atoms with van der Waals surface area (Å²) in [5.74, 6) is -1.94. The molecule has 3 aromatic carbocycles. The van der Waals surface area contributed by atoms with E-state index in [1.807, 2.05) is 23.6 Å². The number of sulfone groups is 1. The van der Waals surface area contributed by atoms with Gasteiger partial charge in [0.05, 0.1) is 38.3 Å². The van der Waals surface area contributed by atoms with Crippen molar-refractivity contribution in [1.29, 1.82) is 0 Å². The second-order valence-corrected chi connectivity index (χ2v) is 17.4. The van der Waals surface area contributed by atoms with Gasteiger partial charge in [-0.25, -0.2) is 36.4 Å². The standard InChI is InChI=1S/C36H36F5N7O3S3/c1-22(2)34-45-31(23-6-4-7-24(20-23)46-53(49)33-27(37)8-5-9-28(33)38)32(52-34)30-12-13-42-35(44-30)43-29-11-10-25(21-26(29)36(39,40)41)48-16-14-47(15-17-48)18-19-54(3,50)51/h4-13,20-22,46H,14-19H2,1-3H3,(H,42,43,44). The van der Waals surface area contributed by atoms with E-state index in [2.05, 4.69) is 20.0 Å². The second kappa shape index (κ2) is 16.1. The molecule has 1 fully saturated rings. The molecule has 0 radical (unpaired) electrons. The molecule has 0 saturated carbocycles. The van der Waals surface area contributed by atoms with Crippen molar-refractivity contribution in [2.75, 3.05) is 59.7 Å². The molecule has 5 aromatic rings. The van der Waals surface area contributed by atoms with E-state index < -0.39 is 49.1 Å². The number of alkyl halides is 3. The monoisotopic (exact) mass is 805 g/mol. The second-order valence-electron chi connectivity index (χ2n) is 13.0. The average molecular weight is 806 g/mol. The van der Waals surface area contributed by atoms with Gasteiger partial charge in [-0.3, -0.25) is 4.90 Å². The maximum Gasteiger partial charge on any atom is 0.418 e. The summed E-state index contributed by atoms with van der Waals surface area (Å²) in [5.41, 5.74) is 1.02. The van der Waals surface area contributed by atoms with Crippen LogP contribution in [0.5, 0.6) is 0 Å². The van der Waals surface area contributed by atoms with Gasteiger partial charge in [0.15, 0.2) is 11.0 Å². The number of anilines is 4. The molecule has 0 bridgehead atoms. The van der Waals surface area contributed by atoms with Crippen LogP contribution in [-0.4, -0.2) is 77.2 Å². The lowest BCUT2D eigenvalue weighted by atomic mass is 10.1. The number of halogens is 5. The van der Waals surface area contributed by atoms with Gasteiger partial charge >= 0.3 is 6.18 Å². The number of benzene rings is 3. The lowest BCUT2D eigenvalue weighted by molar-refractivity contribution is -0.136. The summed E-state index contributed by atoms with van der Waals surface area (Å²) in [6.45, 7) is 6.21. The van der Waals surface area contributed by atoms with Crippen molar-refractivity contribution in [3.05, 3.63) is 95.1 Å². The van der Waals surface area contributed by atoms with Crippen molar-refractivity contribution >= 4 is 55.2 Å². The number of aromatic nitrogens is 3. The minimum atomic E-state index is -4.70. The van der Waals surface area contributed by atoms with E-state index in [4.69, 9.17) is 4.98 Å². The number of hydrogen-bond acceptors (Lipinski definition) is 10. The van der Waals surface area contributed by atoms with E-state index in [0.29, 0.717) is 65.9 Å². The first kappa shape index (κ1) is 39.2. The quantitative estimate of drug-likeness (QED) is 0.122. The van der Waals surface area contributed by atoms with Crippen LogP contribution in [-0.2, 0) is 27.0 Å². The van der Waals surface area contributed by atoms with Gasteiger partial charge in [-0.2, -0.15) is 13.2 Å². The van der Waals surface area contributed by atoms with Gasteiger partial charge < -0.3 is 14.9 Å². The summed E-state index contributed by atoms with van der Waals surface area (Å²) < 4.78 is 111. The fourth-order valence-corrected chi connectivity index (χ4v) is 8.35. The summed E-state index contributed by atoms with van der Waals surface area (Å²) in [6.07, 6.45) is -2.10. The molecule has 54 heavy (non-hydrogen) atoms. The highest BCUT2D eigenvalue weighted by Gasteiger charge is 2.35. The Labute approximate surface area is 316 Å².